The third kappa shape index (κ3) is 2.66. The van der Waals surface area contributed by atoms with Crippen LogP contribution in [0, 0.1) is 5.92 Å². The number of hydrogen-bond acceptors (Lipinski definition) is 1. The average molecular weight is 205 g/mol. The number of carbonyl (C=O) groups excluding carboxylic acids is 1. The molecule has 0 unspecified atom stereocenters. The molecule has 0 spiro atoms. The van der Waals surface area contributed by atoms with Crippen molar-refractivity contribution in [2.45, 2.75) is 39.0 Å². The lowest BCUT2D eigenvalue weighted by Gasteiger charge is -2.32. The topological polar surface area (TPSA) is 20.3 Å². The first-order valence-electron chi connectivity index (χ1n) is 5.12. The minimum Gasteiger partial charge on any atom is -0.337 e. The highest BCUT2D eigenvalue weighted by molar-refractivity contribution is 5.83. The normalized spacial score (nSPS) is 19.9. The van der Waals surface area contributed by atoms with Gasteiger partial charge in [-0.2, -0.15) is 8.78 Å². The SMILES string of the molecule is CCC1CCN(C(=O)C(C)(F)F)CC1. The molecule has 0 aliphatic carbocycles. The first kappa shape index (κ1) is 11.4. The lowest BCUT2D eigenvalue weighted by molar-refractivity contribution is -0.156. The van der Waals surface area contributed by atoms with Gasteiger partial charge < -0.3 is 4.90 Å². The van der Waals surface area contributed by atoms with E-state index < -0.39 is 11.8 Å². The number of likely N-dealkylation sites (tertiary alicyclic amines) is 1. The van der Waals surface area contributed by atoms with Crippen LogP contribution in [0.1, 0.15) is 33.1 Å². The molecule has 1 fully saturated rings. The molecule has 1 rings (SSSR count). The molecule has 0 aromatic rings. The van der Waals surface area contributed by atoms with E-state index in [0.29, 0.717) is 25.9 Å². The molecule has 2 nitrogen and oxygen atoms in total. The van der Waals surface area contributed by atoms with Gasteiger partial charge in [0, 0.05) is 20.0 Å². The summed E-state index contributed by atoms with van der Waals surface area (Å²) in [5.41, 5.74) is 0. The van der Waals surface area contributed by atoms with Gasteiger partial charge in [-0.15, -0.1) is 0 Å². The number of halogens is 2. The number of amides is 1. The van der Waals surface area contributed by atoms with E-state index in [1.54, 1.807) is 0 Å². The maximum absolute atomic E-state index is 12.7. The zero-order valence-corrected chi connectivity index (χ0v) is 8.72. The summed E-state index contributed by atoms with van der Waals surface area (Å²) in [5.74, 6) is -3.63. The summed E-state index contributed by atoms with van der Waals surface area (Å²) >= 11 is 0. The third-order valence-electron chi connectivity index (χ3n) is 2.85. The highest BCUT2D eigenvalue weighted by Gasteiger charge is 2.37. The van der Waals surface area contributed by atoms with Crippen molar-refractivity contribution in [1.29, 1.82) is 0 Å². The Morgan fingerprint density at radius 3 is 2.29 bits per heavy atom. The Balaban J connectivity index is 2.46. The summed E-state index contributed by atoms with van der Waals surface area (Å²) in [6, 6.07) is 0. The fourth-order valence-electron chi connectivity index (χ4n) is 1.82. The molecular weight excluding hydrogens is 188 g/mol. The molecule has 0 atom stereocenters. The van der Waals surface area contributed by atoms with Crippen LogP contribution >= 0.6 is 0 Å². The second kappa shape index (κ2) is 4.24. The predicted molar refractivity (Wildman–Crippen MR) is 50.2 cm³/mol. The Morgan fingerprint density at radius 2 is 1.93 bits per heavy atom. The molecule has 1 aliphatic rings. The number of carbonyl (C=O) groups is 1. The first-order valence-corrected chi connectivity index (χ1v) is 5.12. The number of nitrogens with zero attached hydrogens (tertiary/aromatic N) is 1. The third-order valence-corrected chi connectivity index (χ3v) is 2.85. The van der Waals surface area contributed by atoms with E-state index in [0.717, 1.165) is 19.3 Å². The molecule has 4 heteroatoms. The van der Waals surface area contributed by atoms with E-state index in [1.807, 2.05) is 0 Å². The smallest absolute Gasteiger partial charge is 0.322 e. The van der Waals surface area contributed by atoms with Crippen LogP contribution in [0.5, 0.6) is 0 Å². The van der Waals surface area contributed by atoms with Crippen LogP contribution in [0.2, 0.25) is 0 Å². The fraction of sp³-hybridized carbons (Fsp3) is 0.900. The molecule has 1 heterocycles. The second-order valence-electron chi connectivity index (χ2n) is 4.03. The lowest BCUT2D eigenvalue weighted by Crippen LogP contribution is -2.45. The number of hydrogen-bond donors (Lipinski definition) is 0. The van der Waals surface area contributed by atoms with Crippen LogP contribution in [0.3, 0.4) is 0 Å². The summed E-state index contributed by atoms with van der Waals surface area (Å²) in [5, 5.41) is 0. The molecule has 0 N–H and O–H groups in total. The maximum atomic E-state index is 12.7. The van der Waals surface area contributed by atoms with Crippen LogP contribution in [0.4, 0.5) is 8.78 Å². The van der Waals surface area contributed by atoms with Gasteiger partial charge in [-0.3, -0.25) is 4.79 Å². The van der Waals surface area contributed by atoms with Gasteiger partial charge in [0.2, 0.25) is 0 Å². The van der Waals surface area contributed by atoms with Gasteiger partial charge in [0.05, 0.1) is 0 Å². The van der Waals surface area contributed by atoms with Gasteiger partial charge in [0.15, 0.2) is 0 Å². The molecule has 0 saturated carbocycles. The van der Waals surface area contributed by atoms with Gasteiger partial charge >= 0.3 is 5.92 Å². The van der Waals surface area contributed by atoms with Gasteiger partial charge in [0.1, 0.15) is 0 Å². The van der Waals surface area contributed by atoms with Gasteiger partial charge in [-0.05, 0) is 18.8 Å². The van der Waals surface area contributed by atoms with Crippen molar-refractivity contribution in [3.05, 3.63) is 0 Å². The zero-order chi connectivity index (χ0) is 10.8. The molecule has 1 saturated heterocycles. The minimum absolute atomic E-state index is 0.487. The van der Waals surface area contributed by atoms with Gasteiger partial charge in [0.25, 0.3) is 5.91 Å². The van der Waals surface area contributed by atoms with E-state index in [9.17, 15) is 13.6 Å². The predicted octanol–water partition coefficient (Wildman–Crippen LogP) is 2.29. The summed E-state index contributed by atoms with van der Waals surface area (Å²) < 4.78 is 25.4. The van der Waals surface area contributed by atoms with Crippen molar-refractivity contribution >= 4 is 5.91 Å². The molecule has 1 amide bonds. The Hall–Kier alpha value is -0.670. The quantitative estimate of drug-likeness (QED) is 0.677. The standard InChI is InChI=1S/C10H17F2NO/c1-3-8-4-6-13(7-5-8)9(14)10(2,11)12/h8H,3-7H2,1-2H3. The Kier molecular flexibility index (Phi) is 3.45. The van der Waals surface area contributed by atoms with Crippen molar-refractivity contribution in [3.8, 4) is 0 Å². The Morgan fingerprint density at radius 1 is 1.43 bits per heavy atom. The Labute approximate surface area is 83.3 Å². The van der Waals surface area contributed by atoms with E-state index >= 15 is 0 Å². The molecule has 0 radical (unpaired) electrons. The summed E-state index contributed by atoms with van der Waals surface area (Å²) in [6.45, 7) is 3.74. The minimum atomic E-state index is -3.21. The van der Waals surface area contributed by atoms with Crippen molar-refractivity contribution in [2.75, 3.05) is 13.1 Å². The van der Waals surface area contributed by atoms with Crippen molar-refractivity contribution in [3.63, 3.8) is 0 Å². The summed E-state index contributed by atoms with van der Waals surface area (Å²) in [6.07, 6.45) is 2.79. The number of alkyl halides is 2. The molecule has 0 aromatic heterocycles. The number of rotatable bonds is 2. The van der Waals surface area contributed by atoms with Crippen LogP contribution < -0.4 is 0 Å². The zero-order valence-electron chi connectivity index (χ0n) is 8.72. The van der Waals surface area contributed by atoms with Gasteiger partial charge in [-0.25, -0.2) is 0 Å². The maximum Gasteiger partial charge on any atom is 0.322 e. The van der Waals surface area contributed by atoms with Crippen LogP contribution in [-0.2, 0) is 4.79 Å². The monoisotopic (exact) mass is 205 g/mol. The fourth-order valence-corrected chi connectivity index (χ4v) is 1.82. The van der Waals surface area contributed by atoms with Crippen LogP contribution in [-0.4, -0.2) is 29.8 Å². The Bertz CT molecular complexity index is 205. The lowest BCUT2D eigenvalue weighted by atomic mass is 9.94. The average Bonchev–Trinajstić information content (AvgIpc) is 2.15. The van der Waals surface area contributed by atoms with Crippen molar-refractivity contribution in [1.82, 2.24) is 4.90 Å². The van der Waals surface area contributed by atoms with Crippen LogP contribution in [0.15, 0.2) is 0 Å². The number of piperidine rings is 1. The second-order valence-corrected chi connectivity index (χ2v) is 4.03. The van der Waals surface area contributed by atoms with Crippen molar-refractivity contribution < 1.29 is 13.6 Å². The van der Waals surface area contributed by atoms with Crippen LogP contribution in [0.25, 0.3) is 0 Å². The van der Waals surface area contributed by atoms with Gasteiger partial charge in [-0.1, -0.05) is 13.3 Å². The van der Waals surface area contributed by atoms with Crippen molar-refractivity contribution in [2.24, 2.45) is 5.92 Å². The van der Waals surface area contributed by atoms with E-state index in [2.05, 4.69) is 6.92 Å². The van der Waals surface area contributed by atoms with E-state index in [4.69, 9.17) is 0 Å². The molecule has 0 aromatic carbocycles. The molecule has 14 heavy (non-hydrogen) atoms. The highest BCUT2D eigenvalue weighted by atomic mass is 19.3. The highest BCUT2D eigenvalue weighted by Crippen LogP contribution is 2.23. The molecule has 82 valence electrons. The van der Waals surface area contributed by atoms with E-state index in [1.165, 1.54) is 4.90 Å². The van der Waals surface area contributed by atoms with E-state index in [-0.39, 0.29) is 0 Å². The first-order chi connectivity index (χ1) is 6.45. The molecular formula is C10H17F2NO. The summed E-state index contributed by atoms with van der Waals surface area (Å²) in [7, 11) is 0. The molecule has 0 bridgehead atoms. The largest absolute Gasteiger partial charge is 0.337 e. The summed E-state index contributed by atoms with van der Waals surface area (Å²) in [4.78, 5) is 12.5. The molecule has 1 aliphatic heterocycles.